The Kier molecular flexibility index (Phi) is 5.79. The van der Waals surface area contributed by atoms with Crippen molar-refractivity contribution in [3.05, 3.63) is 96.7 Å². The number of hydrogen-bond acceptors (Lipinski definition) is 5. The van der Waals surface area contributed by atoms with Crippen LogP contribution < -0.4 is 10.1 Å². The third kappa shape index (κ3) is 5.36. The van der Waals surface area contributed by atoms with E-state index in [1.807, 2.05) is 48.5 Å². The molecule has 1 N–H and O–H groups in total. The van der Waals surface area contributed by atoms with Crippen LogP contribution in [0.4, 0.5) is 18.9 Å². The molecule has 0 unspecified atom stereocenters. The molecule has 3 aromatic heterocycles. The molecule has 0 amide bonds. The van der Waals surface area contributed by atoms with Gasteiger partial charge < -0.3 is 10.1 Å². The molecule has 0 spiro atoms. The topological polar surface area (TPSA) is 59.9 Å². The Bertz CT molecular complexity index is 1130. The van der Waals surface area contributed by atoms with Gasteiger partial charge in [-0.1, -0.05) is 24.3 Å². The van der Waals surface area contributed by atoms with Crippen molar-refractivity contribution in [2.45, 2.75) is 12.7 Å². The third-order valence-electron chi connectivity index (χ3n) is 4.38. The number of benzene rings is 1. The Labute approximate surface area is 176 Å². The predicted molar refractivity (Wildman–Crippen MR) is 111 cm³/mol. The van der Waals surface area contributed by atoms with Gasteiger partial charge in [0.05, 0.1) is 12.2 Å². The van der Waals surface area contributed by atoms with Crippen molar-refractivity contribution in [3.8, 4) is 22.8 Å². The van der Waals surface area contributed by atoms with Crippen molar-refractivity contribution in [3.63, 3.8) is 0 Å². The number of rotatable bonds is 6. The fourth-order valence-electron chi connectivity index (χ4n) is 2.81. The van der Waals surface area contributed by atoms with E-state index in [9.17, 15) is 13.2 Å². The normalized spacial score (nSPS) is 11.2. The first-order valence-corrected chi connectivity index (χ1v) is 9.39. The average molecular weight is 422 g/mol. The van der Waals surface area contributed by atoms with Gasteiger partial charge in [0.2, 0.25) is 5.88 Å². The number of hydrogen-bond donors (Lipinski definition) is 1. The Morgan fingerprint density at radius 2 is 1.55 bits per heavy atom. The van der Waals surface area contributed by atoms with E-state index in [2.05, 4.69) is 20.3 Å². The zero-order chi connectivity index (χ0) is 21.7. The standard InChI is InChI=1S/C23H17F3N4O/c24-23(25,26)21-12-18(10-11-27-21)29-15-19-8-6-16(13-28-19)17-7-9-22(30-14-17)31-20-4-2-1-3-5-20/h1-14H,15H2,(H,27,29). The minimum absolute atomic E-state index is 0.281. The van der Waals surface area contributed by atoms with Gasteiger partial charge in [0.15, 0.2) is 0 Å². The number of aromatic nitrogens is 3. The monoisotopic (exact) mass is 422 g/mol. The lowest BCUT2D eigenvalue weighted by Crippen LogP contribution is -2.09. The summed E-state index contributed by atoms with van der Waals surface area (Å²) in [5.41, 5.74) is 1.81. The SMILES string of the molecule is FC(F)(F)c1cc(NCc2ccc(-c3ccc(Oc4ccccc4)nc3)cn2)ccn1. The Hall–Kier alpha value is -3.94. The van der Waals surface area contributed by atoms with Crippen molar-refractivity contribution in [2.75, 3.05) is 5.32 Å². The number of pyridine rings is 3. The molecular weight excluding hydrogens is 405 g/mol. The summed E-state index contributed by atoms with van der Waals surface area (Å²) in [6.45, 7) is 0.281. The third-order valence-corrected chi connectivity index (χ3v) is 4.38. The molecule has 4 aromatic rings. The van der Waals surface area contributed by atoms with E-state index < -0.39 is 11.9 Å². The van der Waals surface area contributed by atoms with Crippen LogP contribution >= 0.6 is 0 Å². The highest BCUT2D eigenvalue weighted by atomic mass is 19.4. The summed E-state index contributed by atoms with van der Waals surface area (Å²) in [6, 6.07) is 19.2. The van der Waals surface area contributed by atoms with Crippen molar-refractivity contribution in [1.82, 2.24) is 15.0 Å². The average Bonchev–Trinajstić information content (AvgIpc) is 2.79. The van der Waals surface area contributed by atoms with Crippen molar-refractivity contribution >= 4 is 5.69 Å². The smallest absolute Gasteiger partial charge is 0.433 e. The summed E-state index contributed by atoms with van der Waals surface area (Å²) in [6.07, 6.45) is 0.0372. The molecule has 0 atom stereocenters. The molecule has 0 aliphatic rings. The Balaban J connectivity index is 1.38. The van der Waals surface area contributed by atoms with E-state index in [4.69, 9.17) is 4.74 Å². The fourth-order valence-corrected chi connectivity index (χ4v) is 2.81. The van der Waals surface area contributed by atoms with Crippen LogP contribution in [0.1, 0.15) is 11.4 Å². The maximum absolute atomic E-state index is 12.8. The maximum atomic E-state index is 12.8. The molecule has 31 heavy (non-hydrogen) atoms. The van der Waals surface area contributed by atoms with Crippen molar-refractivity contribution < 1.29 is 17.9 Å². The van der Waals surface area contributed by atoms with E-state index >= 15 is 0 Å². The van der Waals surface area contributed by atoms with Gasteiger partial charge in [-0.15, -0.1) is 0 Å². The highest BCUT2D eigenvalue weighted by molar-refractivity contribution is 5.61. The van der Waals surface area contributed by atoms with Crippen LogP contribution in [0, 0.1) is 0 Å². The van der Waals surface area contributed by atoms with Crippen LogP contribution in [0.5, 0.6) is 11.6 Å². The molecule has 0 radical (unpaired) electrons. The number of nitrogens with one attached hydrogen (secondary N) is 1. The maximum Gasteiger partial charge on any atom is 0.433 e. The van der Waals surface area contributed by atoms with Crippen LogP contribution in [0.15, 0.2) is 85.3 Å². The number of para-hydroxylation sites is 1. The molecule has 0 bridgehead atoms. The first-order valence-electron chi connectivity index (χ1n) is 9.39. The molecule has 1 aromatic carbocycles. The van der Waals surface area contributed by atoms with E-state index in [1.54, 1.807) is 18.5 Å². The molecule has 0 saturated heterocycles. The number of alkyl halides is 3. The second-order valence-corrected chi connectivity index (χ2v) is 6.62. The molecule has 0 aliphatic heterocycles. The molecule has 0 saturated carbocycles. The molecule has 5 nitrogen and oxygen atoms in total. The summed E-state index contributed by atoms with van der Waals surface area (Å²) in [5, 5.41) is 2.93. The van der Waals surface area contributed by atoms with E-state index in [0.29, 0.717) is 23.0 Å². The summed E-state index contributed by atoms with van der Waals surface area (Å²) in [4.78, 5) is 12.0. The molecule has 156 valence electrons. The zero-order valence-corrected chi connectivity index (χ0v) is 16.2. The predicted octanol–water partition coefficient (Wildman–Crippen LogP) is 5.96. The summed E-state index contributed by atoms with van der Waals surface area (Å²) < 4.78 is 43.9. The quantitative estimate of drug-likeness (QED) is 0.415. The van der Waals surface area contributed by atoms with Gasteiger partial charge in [0, 0.05) is 41.5 Å². The minimum atomic E-state index is -4.48. The number of halogens is 3. The van der Waals surface area contributed by atoms with Gasteiger partial charge in [-0.2, -0.15) is 13.2 Å². The summed E-state index contributed by atoms with van der Waals surface area (Å²) in [7, 11) is 0. The Morgan fingerprint density at radius 1 is 0.806 bits per heavy atom. The van der Waals surface area contributed by atoms with Gasteiger partial charge in [0.25, 0.3) is 0 Å². The molecule has 0 aliphatic carbocycles. The van der Waals surface area contributed by atoms with E-state index in [-0.39, 0.29) is 6.54 Å². The molecule has 4 rings (SSSR count). The van der Waals surface area contributed by atoms with Crippen LogP contribution in [0.25, 0.3) is 11.1 Å². The van der Waals surface area contributed by atoms with Crippen LogP contribution in [0.3, 0.4) is 0 Å². The van der Waals surface area contributed by atoms with Gasteiger partial charge in [-0.3, -0.25) is 9.97 Å². The van der Waals surface area contributed by atoms with Crippen molar-refractivity contribution in [1.29, 1.82) is 0 Å². The summed E-state index contributed by atoms with van der Waals surface area (Å²) in [5.74, 6) is 1.19. The first-order chi connectivity index (χ1) is 15.0. The lowest BCUT2D eigenvalue weighted by Gasteiger charge is -2.10. The van der Waals surface area contributed by atoms with Crippen molar-refractivity contribution in [2.24, 2.45) is 0 Å². The largest absolute Gasteiger partial charge is 0.439 e. The molecular formula is C23H17F3N4O. The van der Waals surface area contributed by atoms with Gasteiger partial charge in [0.1, 0.15) is 11.4 Å². The highest BCUT2D eigenvalue weighted by Crippen LogP contribution is 2.29. The molecule has 3 heterocycles. The van der Waals surface area contributed by atoms with Gasteiger partial charge in [-0.05, 0) is 36.4 Å². The lowest BCUT2D eigenvalue weighted by atomic mass is 10.1. The summed E-state index contributed by atoms with van der Waals surface area (Å²) >= 11 is 0. The minimum Gasteiger partial charge on any atom is -0.439 e. The van der Waals surface area contributed by atoms with Crippen LogP contribution in [-0.4, -0.2) is 15.0 Å². The number of ether oxygens (including phenoxy) is 1. The van der Waals surface area contributed by atoms with E-state index in [1.165, 1.54) is 6.07 Å². The molecule has 8 heteroatoms. The molecule has 0 fully saturated rings. The number of nitrogens with zero attached hydrogens (tertiary/aromatic N) is 3. The second kappa shape index (κ2) is 8.83. The second-order valence-electron chi connectivity index (χ2n) is 6.62. The first kappa shape index (κ1) is 20.3. The lowest BCUT2D eigenvalue weighted by molar-refractivity contribution is -0.141. The Morgan fingerprint density at radius 3 is 2.19 bits per heavy atom. The van der Waals surface area contributed by atoms with Crippen LogP contribution in [0.2, 0.25) is 0 Å². The highest BCUT2D eigenvalue weighted by Gasteiger charge is 2.32. The number of anilines is 1. The van der Waals surface area contributed by atoms with E-state index in [0.717, 1.165) is 23.4 Å². The fraction of sp³-hybridized carbons (Fsp3) is 0.0870. The van der Waals surface area contributed by atoms with Gasteiger partial charge >= 0.3 is 6.18 Å². The zero-order valence-electron chi connectivity index (χ0n) is 16.2. The van der Waals surface area contributed by atoms with Crippen LogP contribution in [-0.2, 0) is 12.7 Å². The van der Waals surface area contributed by atoms with Gasteiger partial charge in [-0.25, -0.2) is 4.98 Å².